The highest BCUT2D eigenvalue weighted by Crippen LogP contribution is 2.31. The van der Waals surface area contributed by atoms with Gasteiger partial charge < -0.3 is 4.74 Å². The fourth-order valence-electron chi connectivity index (χ4n) is 5.22. The summed E-state index contributed by atoms with van der Waals surface area (Å²) in [6, 6.07) is 9.13. The highest BCUT2D eigenvalue weighted by Gasteiger charge is 2.35. The third-order valence-electron chi connectivity index (χ3n) is 6.94. The van der Waals surface area contributed by atoms with Crippen molar-refractivity contribution in [1.29, 1.82) is 0 Å². The van der Waals surface area contributed by atoms with Crippen LogP contribution in [0.15, 0.2) is 42.7 Å². The van der Waals surface area contributed by atoms with Gasteiger partial charge in [0, 0.05) is 43.0 Å². The molecule has 2 aromatic heterocycles. The molecule has 1 aromatic carbocycles. The van der Waals surface area contributed by atoms with Gasteiger partial charge in [0.25, 0.3) is 0 Å². The highest BCUT2D eigenvalue weighted by molar-refractivity contribution is 6.32. The van der Waals surface area contributed by atoms with Crippen LogP contribution in [0.2, 0.25) is 5.02 Å². The molecule has 0 radical (unpaired) electrons. The molecule has 0 aliphatic heterocycles. The summed E-state index contributed by atoms with van der Waals surface area (Å²) < 4.78 is 7.20. The first-order valence-corrected chi connectivity index (χ1v) is 13.4. The number of carbonyl (C=O) groups excluding carboxylic acids is 2. The topological polar surface area (TPSA) is 102 Å². The number of carbonyl (C=O) groups is 2. The summed E-state index contributed by atoms with van der Waals surface area (Å²) in [5.41, 5.74) is 1.67. The summed E-state index contributed by atoms with van der Waals surface area (Å²) in [4.78, 5) is 36.1. The minimum atomic E-state index is -0.427. The Morgan fingerprint density at radius 1 is 1.16 bits per heavy atom. The zero-order valence-electron chi connectivity index (χ0n) is 22.4. The van der Waals surface area contributed by atoms with Gasteiger partial charge in [-0.1, -0.05) is 38.3 Å². The average Bonchev–Trinajstić information content (AvgIpc) is 3.57. The predicted molar refractivity (Wildman–Crippen MR) is 147 cm³/mol. The number of halogens is 1. The fourth-order valence-corrected chi connectivity index (χ4v) is 5.48. The molecule has 1 N–H and O–H groups in total. The molecule has 0 saturated heterocycles. The Hall–Kier alpha value is -3.30. The van der Waals surface area contributed by atoms with Gasteiger partial charge >= 0.3 is 0 Å². The van der Waals surface area contributed by atoms with Gasteiger partial charge in [-0.2, -0.15) is 5.10 Å². The molecule has 38 heavy (non-hydrogen) atoms. The standard InChI is InChI=1S/C28H35ClN6O3/c1-18(2)25(28(37)31-19(3)36)34(22-7-5-6-8-22)15-16-35-27(21-9-10-24(38-4)23(29)17-21)32-26(33-35)20-11-13-30-14-12-20/h9-14,17-18,22,25H,5-8,15-16H2,1-4H3,(H,31,36,37)/t25-/m0/s1. The van der Waals surface area contributed by atoms with Crippen molar-refractivity contribution in [1.82, 2.24) is 30.0 Å². The molecule has 3 aromatic rings. The zero-order valence-corrected chi connectivity index (χ0v) is 23.1. The van der Waals surface area contributed by atoms with Crippen LogP contribution in [-0.4, -0.2) is 62.2 Å². The van der Waals surface area contributed by atoms with Gasteiger partial charge in [-0.15, -0.1) is 0 Å². The van der Waals surface area contributed by atoms with Crippen molar-refractivity contribution in [3.8, 4) is 28.5 Å². The van der Waals surface area contributed by atoms with E-state index in [0.29, 0.717) is 35.5 Å². The summed E-state index contributed by atoms with van der Waals surface area (Å²) in [6.07, 6.45) is 7.73. The Morgan fingerprint density at radius 2 is 1.87 bits per heavy atom. The van der Waals surface area contributed by atoms with Crippen LogP contribution >= 0.6 is 11.6 Å². The lowest BCUT2D eigenvalue weighted by molar-refractivity contribution is -0.134. The van der Waals surface area contributed by atoms with Crippen LogP contribution in [0.1, 0.15) is 46.5 Å². The third-order valence-corrected chi connectivity index (χ3v) is 7.24. The molecule has 4 rings (SSSR count). The molecular weight excluding hydrogens is 504 g/mol. The third kappa shape index (κ3) is 6.39. The second-order valence-electron chi connectivity index (χ2n) is 9.98. The molecule has 0 bridgehead atoms. The number of rotatable bonds is 10. The van der Waals surface area contributed by atoms with Gasteiger partial charge in [0.1, 0.15) is 5.75 Å². The molecular formula is C28H35ClN6O3. The molecule has 2 heterocycles. The molecule has 0 spiro atoms. The van der Waals surface area contributed by atoms with Crippen molar-refractivity contribution in [2.45, 2.75) is 65.1 Å². The molecule has 1 atom stereocenters. The van der Waals surface area contributed by atoms with E-state index in [0.717, 1.165) is 36.8 Å². The van der Waals surface area contributed by atoms with E-state index in [2.05, 4.69) is 15.2 Å². The Kier molecular flexibility index (Phi) is 9.12. The van der Waals surface area contributed by atoms with E-state index in [9.17, 15) is 9.59 Å². The number of nitrogens with one attached hydrogen (secondary N) is 1. The molecule has 1 saturated carbocycles. The molecule has 202 valence electrons. The zero-order chi connectivity index (χ0) is 27.2. The van der Waals surface area contributed by atoms with Crippen molar-refractivity contribution in [3.63, 3.8) is 0 Å². The normalized spacial score (nSPS) is 14.7. The van der Waals surface area contributed by atoms with Crippen LogP contribution in [0.25, 0.3) is 22.8 Å². The van der Waals surface area contributed by atoms with E-state index in [1.54, 1.807) is 19.5 Å². The van der Waals surface area contributed by atoms with E-state index in [1.807, 2.05) is 48.9 Å². The van der Waals surface area contributed by atoms with Crippen molar-refractivity contribution in [2.24, 2.45) is 5.92 Å². The van der Waals surface area contributed by atoms with Gasteiger partial charge in [-0.05, 0) is 49.1 Å². The highest BCUT2D eigenvalue weighted by atomic mass is 35.5. The number of nitrogens with zero attached hydrogens (tertiary/aromatic N) is 5. The number of hydrogen-bond donors (Lipinski definition) is 1. The van der Waals surface area contributed by atoms with Crippen LogP contribution in [0.5, 0.6) is 5.75 Å². The maximum Gasteiger partial charge on any atom is 0.244 e. The number of imide groups is 1. The van der Waals surface area contributed by atoms with Crippen LogP contribution in [0.4, 0.5) is 0 Å². The first kappa shape index (κ1) is 27.7. The van der Waals surface area contributed by atoms with Crippen molar-refractivity contribution in [2.75, 3.05) is 13.7 Å². The summed E-state index contributed by atoms with van der Waals surface area (Å²) in [6.45, 7) is 6.50. The lowest BCUT2D eigenvalue weighted by atomic mass is 9.98. The number of benzene rings is 1. The second kappa shape index (κ2) is 12.5. The van der Waals surface area contributed by atoms with Gasteiger partial charge in [-0.25, -0.2) is 9.67 Å². The number of hydrogen-bond acceptors (Lipinski definition) is 7. The fraction of sp³-hybridized carbons (Fsp3) is 0.464. The monoisotopic (exact) mass is 538 g/mol. The number of methoxy groups -OCH3 is 1. The van der Waals surface area contributed by atoms with Crippen LogP contribution in [0.3, 0.4) is 0 Å². The minimum absolute atomic E-state index is 0.0259. The van der Waals surface area contributed by atoms with Crippen molar-refractivity contribution < 1.29 is 14.3 Å². The van der Waals surface area contributed by atoms with Gasteiger partial charge in [0.15, 0.2) is 11.6 Å². The number of aromatic nitrogens is 4. The Balaban J connectivity index is 1.69. The SMILES string of the molecule is COc1ccc(-c2nc(-c3ccncc3)nn2CCN(C2CCCC2)[C@H](C(=O)NC(C)=O)C(C)C)cc1Cl. The lowest BCUT2D eigenvalue weighted by Crippen LogP contribution is -2.54. The minimum Gasteiger partial charge on any atom is -0.495 e. The molecule has 1 aliphatic rings. The van der Waals surface area contributed by atoms with E-state index in [4.69, 9.17) is 26.4 Å². The smallest absolute Gasteiger partial charge is 0.244 e. The van der Waals surface area contributed by atoms with Crippen LogP contribution in [-0.2, 0) is 16.1 Å². The Bertz CT molecular complexity index is 1260. The van der Waals surface area contributed by atoms with Crippen molar-refractivity contribution >= 4 is 23.4 Å². The molecule has 2 amide bonds. The molecule has 0 unspecified atom stereocenters. The quantitative estimate of drug-likeness (QED) is 0.402. The molecule has 1 aliphatic carbocycles. The summed E-state index contributed by atoms with van der Waals surface area (Å²) in [5, 5.41) is 7.85. The van der Waals surface area contributed by atoms with E-state index < -0.39 is 6.04 Å². The summed E-state index contributed by atoms with van der Waals surface area (Å²) in [5.74, 6) is 1.26. The van der Waals surface area contributed by atoms with Gasteiger partial charge in [-0.3, -0.25) is 24.8 Å². The maximum absolute atomic E-state index is 13.1. The number of amides is 2. The van der Waals surface area contributed by atoms with Gasteiger partial charge in [0.05, 0.1) is 24.7 Å². The molecule has 10 heteroatoms. The molecule has 1 fully saturated rings. The predicted octanol–water partition coefficient (Wildman–Crippen LogP) is 4.60. The van der Waals surface area contributed by atoms with E-state index in [1.165, 1.54) is 6.92 Å². The van der Waals surface area contributed by atoms with Gasteiger partial charge in [0.2, 0.25) is 11.8 Å². The van der Waals surface area contributed by atoms with Crippen LogP contribution in [0, 0.1) is 5.92 Å². The number of ether oxygens (including phenoxy) is 1. The first-order chi connectivity index (χ1) is 18.3. The van der Waals surface area contributed by atoms with E-state index >= 15 is 0 Å². The van der Waals surface area contributed by atoms with Crippen molar-refractivity contribution in [3.05, 3.63) is 47.7 Å². The lowest BCUT2D eigenvalue weighted by Gasteiger charge is -2.37. The summed E-state index contributed by atoms with van der Waals surface area (Å²) in [7, 11) is 1.58. The summed E-state index contributed by atoms with van der Waals surface area (Å²) >= 11 is 6.45. The second-order valence-corrected chi connectivity index (χ2v) is 10.4. The largest absolute Gasteiger partial charge is 0.495 e. The molecule has 9 nitrogen and oxygen atoms in total. The first-order valence-electron chi connectivity index (χ1n) is 13.0. The Labute approximate surface area is 228 Å². The maximum atomic E-state index is 13.1. The number of pyridine rings is 1. The van der Waals surface area contributed by atoms with Crippen LogP contribution < -0.4 is 10.1 Å². The Morgan fingerprint density at radius 3 is 2.47 bits per heavy atom. The van der Waals surface area contributed by atoms with E-state index in [-0.39, 0.29) is 23.8 Å². The average molecular weight is 539 g/mol.